The maximum absolute atomic E-state index is 10.8. The van der Waals surface area contributed by atoms with E-state index in [1.807, 2.05) is 13.8 Å². The molecule has 0 spiro atoms. The molecule has 5 nitrogen and oxygen atoms in total. The first-order chi connectivity index (χ1) is 7.88. The monoisotopic (exact) mass is 338 g/mol. The fourth-order valence-electron chi connectivity index (χ4n) is 1.56. The predicted octanol–water partition coefficient (Wildman–Crippen LogP) is 3.53. The summed E-state index contributed by atoms with van der Waals surface area (Å²) in [5.74, 6) is -0.208. The first-order valence-corrected chi connectivity index (χ1v) is 6.10. The summed E-state index contributed by atoms with van der Waals surface area (Å²) in [6.07, 6.45) is 0.834. The fourth-order valence-corrected chi connectivity index (χ4v) is 2.02. The molecule has 1 aromatic carbocycles. The van der Waals surface area contributed by atoms with E-state index < -0.39 is 11.0 Å². The number of nitro groups is 1. The molecule has 0 amide bonds. The van der Waals surface area contributed by atoms with Gasteiger partial charge in [0.15, 0.2) is 5.75 Å². The van der Waals surface area contributed by atoms with Crippen molar-refractivity contribution in [2.45, 2.75) is 26.3 Å². The molecule has 0 aliphatic carbocycles. The third kappa shape index (κ3) is 3.57. The molecule has 1 unspecified atom stereocenters. The molecule has 1 rings (SSSR count). The Kier molecular flexibility index (Phi) is 6.59. The van der Waals surface area contributed by atoms with Crippen LogP contribution in [-0.2, 0) is 0 Å². The zero-order valence-electron chi connectivity index (χ0n) is 10.1. The van der Waals surface area contributed by atoms with Crippen molar-refractivity contribution >= 4 is 34.0 Å². The fraction of sp³-hybridized carbons (Fsp3) is 0.455. The van der Waals surface area contributed by atoms with E-state index in [0.29, 0.717) is 10.0 Å². The lowest BCUT2D eigenvalue weighted by Gasteiger charge is -2.19. The number of hydrogen-bond donors (Lipinski definition) is 2. The first kappa shape index (κ1) is 17.2. The van der Waals surface area contributed by atoms with Crippen molar-refractivity contribution in [3.05, 3.63) is 32.3 Å². The Balaban J connectivity index is 0.00000289. The molecule has 3 N–H and O–H groups in total. The zero-order valence-corrected chi connectivity index (χ0v) is 12.5. The number of rotatable bonds is 4. The van der Waals surface area contributed by atoms with Crippen LogP contribution in [-0.4, -0.2) is 10.0 Å². The van der Waals surface area contributed by atoms with Gasteiger partial charge < -0.3 is 10.8 Å². The van der Waals surface area contributed by atoms with Crippen LogP contribution in [0.5, 0.6) is 5.75 Å². The van der Waals surface area contributed by atoms with Gasteiger partial charge in [-0.05, 0) is 12.0 Å². The molecule has 0 saturated heterocycles. The van der Waals surface area contributed by atoms with Gasteiger partial charge >= 0.3 is 5.69 Å². The maximum atomic E-state index is 10.8. The minimum absolute atomic E-state index is 0. The third-order valence-corrected chi connectivity index (χ3v) is 3.35. The smallest absolute Gasteiger partial charge is 0.312 e. The molecule has 0 heterocycles. The highest BCUT2D eigenvalue weighted by Gasteiger charge is 2.24. The third-order valence-electron chi connectivity index (χ3n) is 2.90. The van der Waals surface area contributed by atoms with Crippen molar-refractivity contribution < 1.29 is 10.0 Å². The van der Waals surface area contributed by atoms with Gasteiger partial charge in [-0.3, -0.25) is 10.1 Å². The molecular weight excluding hydrogens is 323 g/mol. The van der Waals surface area contributed by atoms with Crippen LogP contribution in [0.1, 0.15) is 31.9 Å². The second kappa shape index (κ2) is 6.92. The number of phenolic OH excluding ortho intramolecular Hbond substituents is 1. The molecule has 0 radical (unpaired) electrons. The minimum atomic E-state index is -0.618. The van der Waals surface area contributed by atoms with Crippen LogP contribution < -0.4 is 5.73 Å². The highest BCUT2D eigenvalue weighted by Crippen LogP contribution is 2.38. The molecule has 102 valence electrons. The normalized spacial score (nSPS) is 13.6. The molecule has 2 atom stereocenters. The second-order valence-corrected chi connectivity index (χ2v) is 4.95. The van der Waals surface area contributed by atoms with Crippen molar-refractivity contribution in [2.24, 2.45) is 11.7 Å². The molecule has 18 heavy (non-hydrogen) atoms. The summed E-state index contributed by atoms with van der Waals surface area (Å²) in [4.78, 5) is 10.2. The number of nitrogens with zero attached hydrogens (tertiary/aromatic N) is 1. The van der Waals surface area contributed by atoms with Crippen molar-refractivity contribution in [3.8, 4) is 5.75 Å². The Hall–Kier alpha value is -0.850. The van der Waals surface area contributed by atoms with E-state index in [2.05, 4.69) is 15.9 Å². The number of nitrogens with two attached hydrogens (primary N) is 1. The maximum Gasteiger partial charge on any atom is 0.312 e. The largest absolute Gasteiger partial charge is 0.502 e. The molecule has 0 fully saturated rings. The average molecular weight is 340 g/mol. The second-order valence-electron chi connectivity index (χ2n) is 4.03. The van der Waals surface area contributed by atoms with E-state index in [1.165, 1.54) is 6.07 Å². The van der Waals surface area contributed by atoms with Gasteiger partial charge in [0.25, 0.3) is 0 Å². The van der Waals surface area contributed by atoms with Gasteiger partial charge in [0.1, 0.15) is 0 Å². The Morgan fingerprint density at radius 3 is 2.56 bits per heavy atom. The van der Waals surface area contributed by atoms with Crippen LogP contribution in [0.15, 0.2) is 16.6 Å². The molecule has 0 bridgehead atoms. The zero-order chi connectivity index (χ0) is 13.2. The lowest BCUT2D eigenvalue weighted by Crippen LogP contribution is -2.19. The molecule has 0 aromatic heterocycles. The molecule has 1 aromatic rings. The number of phenols is 1. The molecule has 0 saturated carbocycles. The number of aromatic hydroxyl groups is 1. The molecule has 0 aliphatic rings. The van der Waals surface area contributed by atoms with E-state index in [9.17, 15) is 15.2 Å². The van der Waals surface area contributed by atoms with E-state index in [0.717, 1.165) is 6.42 Å². The van der Waals surface area contributed by atoms with E-state index in [4.69, 9.17) is 5.73 Å². The standard InChI is InChI=1S/C11H15BrN2O3.ClH/c1-3-6(2)10(13)8-4-7(12)5-9(11(8)15)14(16)17;/h4-6,10,15H,3,13H2,1-2H3;1H/t6?,10-;/m1./s1. The highest BCUT2D eigenvalue weighted by molar-refractivity contribution is 9.10. The van der Waals surface area contributed by atoms with Gasteiger partial charge in [0, 0.05) is 22.1 Å². The Labute approximate surface area is 120 Å². The van der Waals surface area contributed by atoms with Gasteiger partial charge in [-0.2, -0.15) is 0 Å². The van der Waals surface area contributed by atoms with Gasteiger partial charge in [0.2, 0.25) is 0 Å². The van der Waals surface area contributed by atoms with Crippen LogP contribution in [0.25, 0.3) is 0 Å². The summed E-state index contributed by atoms with van der Waals surface area (Å²) in [6.45, 7) is 3.92. The van der Waals surface area contributed by atoms with Crippen LogP contribution in [0, 0.1) is 16.0 Å². The van der Waals surface area contributed by atoms with Crippen LogP contribution in [0.4, 0.5) is 5.69 Å². The molecule has 0 aliphatic heterocycles. The van der Waals surface area contributed by atoms with Crippen molar-refractivity contribution in [1.82, 2.24) is 0 Å². The molecule has 7 heteroatoms. The van der Waals surface area contributed by atoms with Crippen molar-refractivity contribution in [2.75, 3.05) is 0 Å². The Bertz CT molecular complexity index is 443. The van der Waals surface area contributed by atoms with Gasteiger partial charge in [-0.1, -0.05) is 36.2 Å². The Morgan fingerprint density at radius 2 is 2.11 bits per heavy atom. The summed E-state index contributed by atoms with van der Waals surface area (Å²) in [5.41, 5.74) is 6.06. The van der Waals surface area contributed by atoms with Crippen molar-refractivity contribution in [1.29, 1.82) is 0 Å². The van der Waals surface area contributed by atoms with Crippen LogP contribution in [0.3, 0.4) is 0 Å². The number of hydrogen-bond acceptors (Lipinski definition) is 4. The summed E-state index contributed by atoms with van der Waals surface area (Å²) >= 11 is 3.18. The number of benzene rings is 1. The van der Waals surface area contributed by atoms with Gasteiger partial charge in [-0.25, -0.2) is 0 Å². The molecular formula is C11H16BrClN2O3. The van der Waals surface area contributed by atoms with E-state index >= 15 is 0 Å². The van der Waals surface area contributed by atoms with Gasteiger partial charge in [-0.15, -0.1) is 12.4 Å². The minimum Gasteiger partial charge on any atom is -0.502 e. The summed E-state index contributed by atoms with van der Waals surface area (Å²) in [5, 5.41) is 20.6. The predicted molar refractivity (Wildman–Crippen MR) is 76.1 cm³/mol. The topological polar surface area (TPSA) is 89.4 Å². The summed E-state index contributed by atoms with van der Waals surface area (Å²) in [6, 6.07) is 2.47. The summed E-state index contributed by atoms with van der Waals surface area (Å²) < 4.78 is 0.538. The number of nitro benzene ring substituents is 1. The summed E-state index contributed by atoms with van der Waals surface area (Å²) in [7, 11) is 0. The average Bonchev–Trinajstić information content (AvgIpc) is 2.29. The SMILES string of the molecule is CCC(C)[C@@H](N)c1cc(Br)cc([N+](=O)[O-])c1O.Cl. The van der Waals surface area contributed by atoms with Crippen LogP contribution >= 0.6 is 28.3 Å². The number of halogens is 2. The van der Waals surface area contributed by atoms with Crippen LogP contribution in [0.2, 0.25) is 0 Å². The Morgan fingerprint density at radius 1 is 1.56 bits per heavy atom. The van der Waals surface area contributed by atoms with E-state index in [1.54, 1.807) is 6.07 Å². The lowest BCUT2D eigenvalue weighted by molar-refractivity contribution is -0.386. The van der Waals surface area contributed by atoms with Crippen molar-refractivity contribution in [3.63, 3.8) is 0 Å². The lowest BCUT2D eigenvalue weighted by atomic mass is 9.92. The van der Waals surface area contributed by atoms with Gasteiger partial charge in [0.05, 0.1) is 4.92 Å². The highest BCUT2D eigenvalue weighted by atomic mass is 79.9. The quantitative estimate of drug-likeness (QED) is 0.648. The first-order valence-electron chi connectivity index (χ1n) is 5.30. The van der Waals surface area contributed by atoms with E-state index in [-0.39, 0.29) is 29.8 Å².